The Labute approximate surface area is 225 Å². The van der Waals surface area contributed by atoms with E-state index >= 15 is 0 Å². The number of hydrogen-bond donors (Lipinski definition) is 0. The van der Waals surface area contributed by atoms with Gasteiger partial charge in [0.05, 0.1) is 28.5 Å². The lowest BCUT2D eigenvalue weighted by Gasteiger charge is -2.28. The van der Waals surface area contributed by atoms with Crippen molar-refractivity contribution in [1.29, 1.82) is 0 Å². The van der Waals surface area contributed by atoms with Crippen LogP contribution >= 0.6 is 23.1 Å². The van der Waals surface area contributed by atoms with E-state index in [1.54, 1.807) is 23.3 Å². The highest BCUT2D eigenvalue weighted by Crippen LogP contribution is 2.31. The Morgan fingerprint density at radius 3 is 2.46 bits per heavy atom. The van der Waals surface area contributed by atoms with Crippen LogP contribution in [0, 0.1) is 0 Å². The Kier molecular flexibility index (Phi) is 7.67. The number of nitrogens with zero attached hydrogens (tertiary/aromatic N) is 3. The van der Waals surface area contributed by atoms with E-state index in [0.717, 1.165) is 29.1 Å². The first-order chi connectivity index (χ1) is 18.0. The van der Waals surface area contributed by atoms with Gasteiger partial charge in [0.15, 0.2) is 4.80 Å². The molecule has 1 aromatic heterocycles. The van der Waals surface area contributed by atoms with E-state index in [2.05, 4.69) is 34.2 Å². The second-order valence-corrected chi connectivity index (χ2v) is 11.1. The summed E-state index contributed by atoms with van der Waals surface area (Å²) in [5, 5.41) is 0. The van der Waals surface area contributed by atoms with Crippen molar-refractivity contribution in [2.75, 3.05) is 30.9 Å². The SMILES string of the molecule is CCOC(=O)C1=C(C)N=c2s/c(=C/c3ccc(N4CCCCC4)cc3)c(=O)n2[C@H]1c1ccc(SC)cc1. The molecular weight excluding hydrogens is 502 g/mol. The van der Waals surface area contributed by atoms with E-state index in [4.69, 9.17) is 4.74 Å². The number of hydrogen-bond acceptors (Lipinski definition) is 7. The number of allylic oxidation sites excluding steroid dienone is 1. The maximum Gasteiger partial charge on any atom is 0.338 e. The van der Waals surface area contributed by atoms with Gasteiger partial charge in [0, 0.05) is 23.7 Å². The molecule has 0 unspecified atom stereocenters. The average molecular weight is 534 g/mol. The largest absolute Gasteiger partial charge is 0.463 e. The van der Waals surface area contributed by atoms with Gasteiger partial charge in [-0.05, 0) is 80.8 Å². The Morgan fingerprint density at radius 2 is 1.81 bits per heavy atom. The lowest BCUT2D eigenvalue weighted by atomic mass is 9.96. The minimum absolute atomic E-state index is 0.155. The quantitative estimate of drug-likeness (QED) is 0.345. The van der Waals surface area contributed by atoms with Gasteiger partial charge in [0.2, 0.25) is 0 Å². The number of thiazole rings is 1. The van der Waals surface area contributed by atoms with Crippen LogP contribution in [0.4, 0.5) is 5.69 Å². The predicted molar refractivity (Wildman–Crippen MR) is 151 cm³/mol. The second-order valence-electron chi connectivity index (χ2n) is 9.21. The number of rotatable bonds is 6. The first-order valence-electron chi connectivity index (χ1n) is 12.7. The number of esters is 1. The summed E-state index contributed by atoms with van der Waals surface area (Å²) in [6.45, 7) is 6.04. The van der Waals surface area contributed by atoms with Crippen LogP contribution < -0.4 is 19.8 Å². The molecule has 3 heterocycles. The van der Waals surface area contributed by atoms with Crippen LogP contribution in [0.1, 0.15) is 50.3 Å². The van der Waals surface area contributed by atoms with Gasteiger partial charge in [-0.1, -0.05) is 35.6 Å². The van der Waals surface area contributed by atoms with Crippen molar-refractivity contribution in [3.05, 3.63) is 90.6 Å². The highest BCUT2D eigenvalue weighted by atomic mass is 32.2. The molecule has 0 bridgehead atoms. The molecule has 1 fully saturated rings. The van der Waals surface area contributed by atoms with Crippen LogP contribution in [0.2, 0.25) is 0 Å². The third kappa shape index (κ3) is 5.18. The van der Waals surface area contributed by atoms with Gasteiger partial charge >= 0.3 is 5.97 Å². The summed E-state index contributed by atoms with van der Waals surface area (Å²) >= 11 is 3.00. The van der Waals surface area contributed by atoms with Crippen LogP contribution in [-0.2, 0) is 9.53 Å². The monoisotopic (exact) mass is 533 g/mol. The molecule has 2 aromatic carbocycles. The third-order valence-electron chi connectivity index (χ3n) is 6.86. The summed E-state index contributed by atoms with van der Waals surface area (Å²) < 4.78 is 7.62. The fourth-order valence-corrected chi connectivity index (χ4v) is 6.43. The standard InChI is InChI=1S/C29H31N3O3S2/c1-4-35-28(34)25-19(2)30-29-32(26(25)21-10-14-23(36-3)15-11-21)27(33)24(37-29)18-20-8-12-22(13-9-20)31-16-6-5-7-17-31/h8-15,18,26H,4-7,16-17H2,1-3H3/b24-18+/t26-/m0/s1. The van der Waals surface area contributed by atoms with Crippen molar-refractivity contribution in [2.24, 2.45) is 4.99 Å². The number of carbonyl (C=O) groups excluding carboxylic acids is 1. The van der Waals surface area contributed by atoms with Gasteiger partial charge in [-0.25, -0.2) is 9.79 Å². The number of aromatic nitrogens is 1. The van der Waals surface area contributed by atoms with Crippen LogP contribution in [0.3, 0.4) is 0 Å². The Balaban J connectivity index is 1.58. The third-order valence-corrected chi connectivity index (χ3v) is 8.59. The predicted octanol–water partition coefficient (Wildman–Crippen LogP) is 4.51. The number of thioether (sulfide) groups is 1. The molecule has 1 saturated heterocycles. The maximum absolute atomic E-state index is 13.8. The van der Waals surface area contributed by atoms with Crippen LogP contribution in [0.25, 0.3) is 6.08 Å². The fraction of sp³-hybridized carbons (Fsp3) is 0.345. The number of piperidine rings is 1. The summed E-state index contributed by atoms with van der Waals surface area (Å²) in [7, 11) is 0. The molecule has 5 rings (SSSR count). The lowest BCUT2D eigenvalue weighted by Crippen LogP contribution is -2.39. The van der Waals surface area contributed by atoms with E-state index in [1.165, 1.54) is 36.3 Å². The molecule has 1 atom stereocenters. The Hall–Kier alpha value is -3.10. The minimum atomic E-state index is -0.588. The van der Waals surface area contributed by atoms with E-state index in [9.17, 15) is 9.59 Å². The number of ether oxygens (including phenoxy) is 1. The van der Waals surface area contributed by atoms with Gasteiger partial charge in [-0.3, -0.25) is 9.36 Å². The normalized spacial score (nSPS) is 18.0. The van der Waals surface area contributed by atoms with Crippen molar-refractivity contribution in [2.45, 2.75) is 44.0 Å². The molecule has 0 N–H and O–H groups in total. The van der Waals surface area contributed by atoms with Crippen LogP contribution in [0.15, 0.2) is 74.5 Å². The zero-order chi connectivity index (χ0) is 25.9. The summed E-state index contributed by atoms with van der Waals surface area (Å²) in [6.07, 6.45) is 7.70. The van der Waals surface area contributed by atoms with Crippen LogP contribution in [0.5, 0.6) is 0 Å². The zero-order valence-corrected chi connectivity index (χ0v) is 23.0. The average Bonchev–Trinajstić information content (AvgIpc) is 3.23. The summed E-state index contributed by atoms with van der Waals surface area (Å²) in [5.74, 6) is -0.440. The highest BCUT2D eigenvalue weighted by Gasteiger charge is 2.33. The maximum atomic E-state index is 13.8. The van der Waals surface area contributed by atoms with Crippen molar-refractivity contribution < 1.29 is 9.53 Å². The molecule has 8 heteroatoms. The lowest BCUT2D eigenvalue weighted by molar-refractivity contribution is -0.139. The van der Waals surface area contributed by atoms with Crippen molar-refractivity contribution in [3.63, 3.8) is 0 Å². The molecule has 0 aliphatic carbocycles. The highest BCUT2D eigenvalue weighted by molar-refractivity contribution is 7.98. The topological polar surface area (TPSA) is 63.9 Å². The first kappa shape index (κ1) is 25.5. The molecular formula is C29H31N3O3S2. The van der Waals surface area contributed by atoms with E-state index < -0.39 is 12.0 Å². The first-order valence-corrected chi connectivity index (χ1v) is 14.7. The van der Waals surface area contributed by atoms with Gasteiger partial charge in [0.1, 0.15) is 0 Å². The van der Waals surface area contributed by atoms with E-state index in [1.807, 2.05) is 43.5 Å². The number of benzene rings is 2. The minimum Gasteiger partial charge on any atom is -0.463 e. The molecule has 192 valence electrons. The molecule has 37 heavy (non-hydrogen) atoms. The van der Waals surface area contributed by atoms with Gasteiger partial charge in [-0.2, -0.15) is 0 Å². The van der Waals surface area contributed by atoms with Gasteiger partial charge in [0.25, 0.3) is 5.56 Å². The zero-order valence-electron chi connectivity index (χ0n) is 21.4. The molecule has 0 saturated carbocycles. The number of carbonyl (C=O) groups is 1. The summed E-state index contributed by atoms with van der Waals surface area (Å²) in [4.78, 5) is 35.6. The molecule has 2 aliphatic rings. The molecule has 6 nitrogen and oxygen atoms in total. The fourth-order valence-electron chi connectivity index (χ4n) is 4.98. The Bertz CT molecular complexity index is 1500. The molecule has 0 radical (unpaired) electrons. The number of anilines is 1. The van der Waals surface area contributed by atoms with Gasteiger partial charge < -0.3 is 9.64 Å². The molecule has 0 amide bonds. The van der Waals surface area contributed by atoms with Crippen molar-refractivity contribution >= 4 is 40.8 Å². The van der Waals surface area contributed by atoms with Gasteiger partial charge in [-0.15, -0.1) is 11.8 Å². The van der Waals surface area contributed by atoms with Crippen LogP contribution in [-0.4, -0.2) is 36.5 Å². The Morgan fingerprint density at radius 1 is 1.11 bits per heavy atom. The van der Waals surface area contributed by atoms with Crippen molar-refractivity contribution in [1.82, 2.24) is 4.57 Å². The second kappa shape index (κ2) is 11.1. The van der Waals surface area contributed by atoms with Crippen molar-refractivity contribution in [3.8, 4) is 0 Å². The number of fused-ring (bicyclic) bond motifs is 1. The van der Waals surface area contributed by atoms with E-state index in [0.29, 0.717) is 20.6 Å². The molecule has 3 aromatic rings. The van der Waals surface area contributed by atoms with E-state index in [-0.39, 0.29) is 12.2 Å². The summed E-state index contributed by atoms with van der Waals surface area (Å²) in [6, 6.07) is 15.8. The summed E-state index contributed by atoms with van der Waals surface area (Å²) in [5.41, 5.74) is 3.88. The molecule has 0 spiro atoms. The smallest absolute Gasteiger partial charge is 0.338 e. The molecule has 2 aliphatic heterocycles.